The molecule has 2 heterocycles. The highest BCUT2D eigenvalue weighted by Crippen LogP contribution is 2.20. The topological polar surface area (TPSA) is 95.9 Å². The fourth-order valence-electron chi connectivity index (χ4n) is 2.69. The lowest BCUT2D eigenvalue weighted by Crippen LogP contribution is -2.23. The maximum absolute atomic E-state index is 12.1. The predicted molar refractivity (Wildman–Crippen MR) is 110 cm³/mol. The lowest BCUT2D eigenvalue weighted by atomic mass is 10.2. The van der Waals surface area contributed by atoms with Crippen molar-refractivity contribution >= 4 is 29.0 Å². The van der Waals surface area contributed by atoms with E-state index in [-0.39, 0.29) is 11.6 Å². The summed E-state index contributed by atoms with van der Waals surface area (Å²) < 4.78 is 0. The van der Waals surface area contributed by atoms with E-state index in [0.29, 0.717) is 11.6 Å². The van der Waals surface area contributed by atoms with Crippen LogP contribution in [0.4, 0.5) is 23.1 Å². The molecule has 3 rings (SSSR count). The number of carbonyl (C=O) groups is 1. The van der Waals surface area contributed by atoms with Crippen molar-refractivity contribution in [2.24, 2.45) is 0 Å². The van der Waals surface area contributed by atoms with E-state index in [2.05, 4.69) is 49.3 Å². The van der Waals surface area contributed by atoms with Crippen LogP contribution in [0, 0.1) is 6.92 Å². The molecule has 8 nitrogen and oxygen atoms in total. The highest BCUT2D eigenvalue weighted by atomic mass is 16.1. The first-order valence-corrected chi connectivity index (χ1v) is 9.14. The molecule has 0 radical (unpaired) electrons. The van der Waals surface area contributed by atoms with Crippen LogP contribution in [-0.4, -0.2) is 38.9 Å². The molecule has 0 aliphatic carbocycles. The minimum Gasteiger partial charge on any atom is -0.357 e. The van der Waals surface area contributed by atoms with E-state index in [9.17, 15) is 4.79 Å². The molecule has 1 amide bonds. The molecular weight excluding hydrogens is 354 g/mol. The molecule has 3 aromatic rings. The number of benzene rings is 1. The van der Waals surface area contributed by atoms with Crippen LogP contribution in [0.25, 0.3) is 0 Å². The van der Waals surface area contributed by atoms with Crippen molar-refractivity contribution < 1.29 is 4.79 Å². The first-order valence-electron chi connectivity index (χ1n) is 9.14. The van der Waals surface area contributed by atoms with Gasteiger partial charge in [0, 0.05) is 48.6 Å². The zero-order chi connectivity index (χ0) is 19.9. The van der Waals surface area contributed by atoms with Crippen LogP contribution in [0.1, 0.15) is 30.0 Å². The van der Waals surface area contributed by atoms with Crippen molar-refractivity contribution in [3.05, 3.63) is 60.3 Å². The molecule has 2 N–H and O–H groups in total. The van der Waals surface area contributed by atoms with Crippen molar-refractivity contribution in [3.8, 4) is 0 Å². The summed E-state index contributed by atoms with van der Waals surface area (Å²) >= 11 is 0. The van der Waals surface area contributed by atoms with Gasteiger partial charge in [-0.15, -0.1) is 0 Å². The van der Waals surface area contributed by atoms with Crippen molar-refractivity contribution in [2.45, 2.75) is 20.8 Å². The molecule has 2 aromatic heterocycles. The number of rotatable bonds is 7. The van der Waals surface area contributed by atoms with Crippen LogP contribution >= 0.6 is 0 Å². The Labute approximate surface area is 164 Å². The van der Waals surface area contributed by atoms with Crippen molar-refractivity contribution in [1.82, 2.24) is 19.9 Å². The average Bonchev–Trinajstić information content (AvgIpc) is 2.71. The number of aryl methyl sites for hydroxylation is 1. The van der Waals surface area contributed by atoms with Gasteiger partial charge in [-0.1, -0.05) is 0 Å². The van der Waals surface area contributed by atoms with Crippen LogP contribution in [-0.2, 0) is 0 Å². The smallest absolute Gasteiger partial charge is 0.275 e. The van der Waals surface area contributed by atoms with Gasteiger partial charge in [0.05, 0.1) is 6.20 Å². The van der Waals surface area contributed by atoms with Gasteiger partial charge in [0.2, 0.25) is 5.95 Å². The third-order valence-electron chi connectivity index (χ3n) is 4.12. The molecule has 0 atom stereocenters. The maximum Gasteiger partial charge on any atom is 0.275 e. The number of hydrogen-bond donors (Lipinski definition) is 2. The lowest BCUT2D eigenvalue weighted by molar-refractivity contribution is 0.102. The Bertz CT molecular complexity index is 925. The van der Waals surface area contributed by atoms with Gasteiger partial charge in [0.25, 0.3) is 5.91 Å². The second-order valence-electron chi connectivity index (χ2n) is 6.11. The van der Waals surface area contributed by atoms with Crippen molar-refractivity contribution in [1.29, 1.82) is 0 Å². The molecule has 0 aliphatic rings. The third kappa shape index (κ3) is 4.79. The molecule has 0 bridgehead atoms. The monoisotopic (exact) mass is 377 g/mol. The number of nitrogens with one attached hydrogen (secondary N) is 2. The minimum atomic E-state index is -0.306. The maximum atomic E-state index is 12.1. The average molecular weight is 377 g/mol. The number of amides is 1. The summed E-state index contributed by atoms with van der Waals surface area (Å²) in [6, 6.07) is 9.29. The summed E-state index contributed by atoms with van der Waals surface area (Å²) in [4.78, 5) is 31.2. The molecule has 0 fully saturated rings. The van der Waals surface area contributed by atoms with E-state index in [1.165, 1.54) is 18.6 Å². The van der Waals surface area contributed by atoms with E-state index >= 15 is 0 Å². The number of nitrogens with zero attached hydrogens (tertiary/aromatic N) is 5. The summed E-state index contributed by atoms with van der Waals surface area (Å²) in [5.74, 6) is 1.13. The van der Waals surface area contributed by atoms with Crippen LogP contribution < -0.4 is 15.5 Å². The molecule has 0 spiro atoms. The van der Waals surface area contributed by atoms with Gasteiger partial charge in [0.1, 0.15) is 11.5 Å². The highest BCUT2D eigenvalue weighted by molar-refractivity contribution is 6.02. The van der Waals surface area contributed by atoms with E-state index in [4.69, 9.17) is 0 Å². The molecule has 0 aliphatic heterocycles. The zero-order valence-electron chi connectivity index (χ0n) is 16.2. The molecule has 144 valence electrons. The predicted octanol–water partition coefficient (Wildman–Crippen LogP) is 3.42. The fraction of sp³-hybridized carbons (Fsp3) is 0.250. The van der Waals surface area contributed by atoms with Gasteiger partial charge in [-0.2, -0.15) is 4.98 Å². The zero-order valence-corrected chi connectivity index (χ0v) is 16.2. The molecule has 8 heteroatoms. The van der Waals surface area contributed by atoms with Crippen molar-refractivity contribution in [2.75, 3.05) is 28.6 Å². The van der Waals surface area contributed by atoms with Crippen LogP contribution in [0.5, 0.6) is 0 Å². The SMILES string of the molecule is CCN(CC)c1cc(C)nc(Nc2ccc(NC(=O)c3cnccn3)cc2)n1. The van der Waals surface area contributed by atoms with Crippen LogP contribution in [0.15, 0.2) is 48.9 Å². The van der Waals surface area contributed by atoms with E-state index in [1.807, 2.05) is 25.1 Å². The second-order valence-corrected chi connectivity index (χ2v) is 6.11. The number of hydrogen-bond acceptors (Lipinski definition) is 7. The summed E-state index contributed by atoms with van der Waals surface area (Å²) in [5.41, 5.74) is 2.65. The van der Waals surface area contributed by atoms with Crippen molar-refractivity contribution in [3.63, 3.8) is 0 Å². The van der Waals surface area contributed by atoms with Crippen LogP contribution in [0.2, 0.25) is 0 Å². The first-order chi connectivity index (χ1) is 13.6. The van der Waals surface area contributed by atoms with Gasteiger partial charge in [-0.3, -0.25) is 9.78 Å². The largest absolute Gasteiger partial charge is 0.357 e. The minimum absolute atomic E-state index is 0.266. The Balaban J connectivity index is 1.70. The molecule has 1 aromatic carbocycles. The summed E-state index contributed by atoms with van der Waals surface area (Å²) in [6.45, 7) is 7.91. The number of aromatic nitrogens is 4. The van der Waals surface area contributed by atoms with Gasteiger partial charge >= 0.3 is 0 Å². The molecule has 0 unspecified atom stereocenters. The summed E-state index contributed by atoms with van der Waals surface area (Å²) in [7, 11) is 0. The molecule has 28 heavy (non-hydrogen) atoms. The Morgan fingerprint density at radius 1 is 1.04 bits per heavy atom. The van der Waals surface area contributed by atoms with E-state index in [1.54, 1.807) is 12.1 Å². The highest BCUT2D eigenvalue weighted by Gasteiger charge is 2.09. The van der Waals surface area contributed by atoms with Gasteiger partial charge in [-0.25, -0.2) is 9.97 Å². The quantitative estimate of drug-likeness (QED) is 0.651. The Morgan fingerprint density at radius 2 is 1.75 bits per heavy atom. The molecule has 0 saturated carbocycles. The van der Waals surface area contributed by atoms with Crippen LogP contribution in [0.3, 0.4) is 0 Å². The van der Waals surface area contributed by atoms with Gasteiger partial charge in [-0.05, 0) is 45.0 Å². The summed E-state index contributed by atoms with van der Waals surface area (Å²) in [5, 5.41) is 6.01. The fourth-order valence-corrected chi connectivity index (χ4v) is 2.69. The molecular formula is C20H23N7O. The first kappa shape index (κ1) is 19.2. The Kier molecular flexibility index (Phi) is 6.11. The van der Waals surface area contributed by atoms with Gasteiger partial charge < -0.3 is 15.5 Å². The number of anilines is 4. The Morgan fingerprint density at radius 3 is 2.39 bits per heavy atom. The van der Waals surface area contributed by atoms with E-state index in [0.717, 1.165) is 30.3 Å². The second kappa shape index (κ2) is 8.90. The number of carbonyl (C=O) groups excluding carboxylic acids is 1. The molecule has 0 saturated heterocycles. The van der Waals surface area contributed by atoms with Gasteiger partial charge in [0.15, 0.2) is 0 Å². The van der Waals surface area contributed by atoms with E-state index < -0.39 is 0 Å². The Hall–Kier alpha value is -3.55. The standard InChI is InChI=1S/C20H23N7O/c1-4-27(5-2)18-12-14(3)23-20(26-18)25-16-8-6-15(7-9-16)24-19(28)17-13-21-10-11-22-17/h6-13H,4-5H2,1-3H3,(H,24,28)(H,23,25,26). The third-order valence-corrected chi connectivity index (χ3v) is 4.12. The lowest BCUT2D eigenvalue weighted by Gasteiger charge is -2.20. The normalized spacial score (nSPS) is 10.4. The summed E-state index contributed by atoms with van der Waals surface area (Å²) in [6.07, 6.45) is 4.43.